The second-order valence-electron chi connectivity index (χ2n) is 8.61. The van der Waals surface area contributed by atoms with Gasteiger partial charge in [0, 0.05) is 55.4 Å². The van der Waals surface area contributed by atoms with E-state index < -0.39 is 0 Å². The molecule has 0 aliphatic carbocycles. The lowest BCUT2D eigenvalue weighted by atomic mass is 10.0. The lowest BCUT2D eigenvalue weighted by Gasteiger charge is -2.39. The molecule has 3 aromatic carbocycles. The van der Waals surface area contributed by atoms with Crippen molar-refractivity contribution in [3.8, 4) is 0 Å². The molecular weight excluding hydrogens is 398 g/mol. The van der Waals surface area contributed by atoms with Crippen LogP contribution in [0.2, 0.25) is 0 Å². The van der Waals surface area contributed by atoms with Gasteiger partial charge in [0.2, 0.25) is 5.91 Å². The van der Waals surface area contributed by atoms with Gasteiger partial charge < -0.3 is 14.6 Å². The fourth-order valence-corrected chi connectivity index (χ4v) is 4.69. The number of benzene rings is 3. The number of nitrogens with zero attached hydrogens (tertiary/aromatic N) is 2. The number of piperazine rings is 1. The van der Waals surface area contributed by atoms with Gasteiger partial charge in [-0.05, 0) is 35.9 Å². The van der Waals surface area contributed by atoms with Crippen LogP contribution in [0, 0.1) is 0 Å². The first-order valence-corrected chi connectivity index (χ1v) is 11.4. The van der Waals surface area contributed by atoms with Crippen LogP contribution < -0.4 is 10.2 Å². The van der Waals surface area contributed by atoms with Crippen LogP contribution in [0.4, 0.5) is 5.69 Å². The zero-order valence-corrected chi connectivity index (χ0v) is 18.5. The van der Waals surface area contributed by atoms with Crippen LogP contribution in [-0.2, 0) is 11.2 Å². The van der Waals surface area contributed by atoms with Crippen LogP contribution in [0.1, 0.15) is 12.5 Å². The maximum absolute atomic E-state index is 12.7. The highest BCUT2D eigenvalue weighted by Crippen LogP contribution is 2.30. The van der Waals surface area contributed by atoms with E-state index in [4.69, 9.17) is 4.42 Å². The maximum atomic E-state index is 12.7. The Hall–Kier alpha value is -3.31. The summed E-state index contributed by atoms with van der Waals surface area (Å²) in [7, 11) is 0. The highest BCUT2D eigenvalue weighted by Gasteiger charge is 2.22. The summed E-state index contributed by atoms with van der Waals surface area (Å²) < 4.78 is 5.73. The monoisotopic (exact) mass is 427 g/mol. The Kier molecular flexibility index (Phi) is 5.82. The van der Waals surface area contributed by atoms with Gasteiger partial charge in [-0.15, -0.1) is 0 Å². The number of para-hydroxylation sites is 1. The highest BCUT2D eigenvalue weighted by atomic mass is 16.3. The molecule has 5 heteroatoms. The summed E-state index contributed by atoms with van der Waals surface area (Å²) in [5.74, 6) is 0.0374. The van der Waals surface area contributed by atoms with Crippen LogP contribution in [0.3, 0.4) is 0 Å². The van der Waals surface area contributed by atoms with Crippen molar-refractivity contribution in [2.24, 2.45) is 0 Å². The molecule has 0 saturated carbocycles. The van der Waals surface area contributed by atoms with Crippen LogP contribution in [-0.4, -0.2) is 49.6 Å². The van der Waals surface area contributed by atoms with E-state index in [1.807, 2.05) is 18.2 Å². The van der Waals surface area contributed by atoms with E-state index in [1.54, 1.807) is 6.26 Å². The smallest absolute Gasteiger partial charge is 0.224 e. The largest absolute Gasteiger partial charge is 0.464 e. The minimum atomic E-state index is 0.0374. The third-order valence-electron chi connectivity index (χ3n) is 6.54. The van der Waals surface area contributed by atoms with Gasteiger partial charge in [-0.2, -0.15) is 0 Å². The van der Waals surface area contributed by atoms with E-state index in [2.05, 4.69) is 70.6 Å². The molecule has 164 valence electrons. The number of carbonyl (C=O) groups excluding carboxylic acids is 1. The molecular formula is C27H29N3O2. The van der Waals surface area contributed by atoms with Crippen LogP contribution >= 0.6 is 0 Å². The lowest BCUT2D eigenvalue weighted by Crippen LogP contribution is -2.52. The molecule has 0 bridgehead atoms. The second-order valence-corrected chi connectivity index (χ2v) is 8.61. The molecule has 1 aliphatic heterocycles. The summed E-state index contributed by atoms with van der Waals surface area (Å²) in [4.78, 5) is 17.6. The molecule has 1 aliphatic rings. The normalized spacial score (nSPS) is 15.8. The van der Waals surface area contributed by atoms with Crippen molar-refractivity contribution < 1.29 is 9.21 Å². The molecule has 5 rings (SSSR count). The summed E-state index contributed by atoms with van der Waals surface area (Å²) in [6.45, 7) is 6.88. The minimum absolute atomic E-state index is 0.0374. The Labute approximate surface area is 188 Å². The van der Waals surface area contributed by atoms with Gasteiger partial charge in [-0.25, -0.2) is 0 Å². The first kappa shape index (κ1) is 20.6. The summed E-state index contributed by atoms with van der Waals surface area (Å²) in [6, 6.07) is 23.1. The Morgan fingerprint density at radius 2 is 1.72 bits per heavy atom. The maximum Gasteiger partial charge on any atom is 0.224 e. The quantitative estimate of drug-likeness (QED) is 0.494. The van der Waals surface area contributed by atoms with E-state index in [0.29, 0.717) is 19.0 Å². The number of hydrogen-bond acceptors (Lipinski definition) is 4. The number of amides is 1. The fraction of sp³-hybridized carbons (Fsp3) is 0.296. The van der Waals surface area contributed by atoms with Crippen molar-refractivity contribution >= 4 is 33.3 Å². The van der Waals surface area contributed by atoms with Crippen LogP contribution in [0.25, 0.3) is 21.7 Å². The van der Waals surface area contributed by atoms with E-state index in [9.17, 15) is 4.79 Å². The lowest BCUT2D eigenvalue weighted by molar-refractivity contribution is -0.120. The second kappa shape index (κ2) is 9.05. The molecule has 1 N–H and O–H groups in total. The van der Waals surface area contributed by atoms with E-state index in [-0.39, 0.29) is 5.91 Å². The molecule has 0 radical (unpaired) electrons. The predicted octanol–water partition coefficient (Wildman–Crippen LogP) is 4.46. The predicted molar refractivity (Wildman–Crippen MR) is 130 cm³/mol. The number of furan rings is 1. The number of hydrogen-bond donors (Lipinski definition) is 1. The minimum Gasteiger partial charge on any atom is -0.464 e. The van der Waals surface area contributed by atoms with Crippen LogP contribution in [0.5, 0.6) is 0 Å². The fourth-order valence-electron chi connectivity index (χ4n) is 4.69. The summed E-state index contributed by atoms with van der Waals surface area (Å²) in [5.41, 5.74) is 3.06. The molecule has 5 nitrogen and oxygen atoms in total. The van der Waals surface area contributed by atoms with Gasteiger partial charge in [-0.1, -0.05) is 48.5 Å². The van der Waals surface area contributed by atoms with Gasteiger partial charge in [0.1, 0.15) is 5.58 Å². The number of rotatable bonds is 6. The SMILES string of the molecule is CC(CNC(=O)Cc1coc2ccc3ccccc3c12)N1CCN(c2ccccc2)CC1. The van der Waals surface area contributed by atoms with Crippen molar-refractivity contribution in [2.75, 3.05) is 37.6 Å². The molecule has 1 saturated heterocycles. The Bertz CT molecular complexity index is 1210. The molecule has 2 heterocycles. The summed E-state index contributed by atoms with van der Waals surface area (Å²) in [6.07, 6.45) is 2.05. The zero-order chi connectivity index (χ0) is 21.9. The van der Waals surface area contributed by atoms with Gasteiger partial charge in [0.05, 0.1) is 12.7 Å². The van der Waals surface area contributed by atoms with Gasteiger partial charge >= 0.3 is 0 Å². The Balaban J connectivity index is 1.17. The van der Waals surface area contributed by atoms with Crippen LogP contribution in [0.15, 0.2) is 77.4 Å². The summed E-state index contributed by atoms with van der Waals surface area (Å²) in [5, 5.41) is 6.47. The zero-order valence-electron chi connectivity index (χ0n) is 18.5. The number of carbonyl (C=O) groups is 1. The standard InChI is InChI=1S/C27H29N3O2/c1-20(29-13-15-30(16-14-29)23-8-3-2-4-9-23)18-28-26(31)17-22-19-32-25-12-11-21-7-5-6-10-24(21)27(22)25/h2-12,19-20H,13-18H2,1H3,(H,28,31). The van der Waals surface area contributed by atoms with E-state index in [1.165, 1.54) is 5.69 Å². The Morgan fingerprint density at radius 1 is 0.969 bits per heavy atom. The molecule has 1 amide bonds. The average molecular weight is 428 g/mol. The third kappa shape index (κ3) is 4.21. The molecule has 1 aromatic heterocycles. The van der Waals surface area contributed by atoms with Gasteiger partial charge in [0.15, 0.2) is 0 Å². The molecule has 32 heavy (non-hydrogen) atoms. The Morgan fingerprint density at radius 3 is 2.53 bits per heavy atom. The van der Waals surface area contributed by atoms with Crippen molar-refractivity contribution in [1.29, 1.82) is 0 Å². The molecule has 1 unspecified atom stereocenters. The number of anilines is 1. The molecule has 4 aromatic rings. The molecule has 0 spiro atoms. The highest BCUT2D eigenvalue weighted by molar-refractivity contribution is 6.08. The van der Waals surface area contributed by atoms with E-state index >= 15 is 0 Å². The molecule has 1 atom stereocenters. The number of nitrogens with one attached hydrogen (secondary N) is 1. The first-order chi connectivity index (χ1) is 15.7. The topological polar surface area (TPSA) is 48.7 Å². The first-order valence-electron chi connectivity index (χ1n) is 11.4. The summed E-state index contributed by atoms with van der Waals surface area (Å²) >= 11 is 0. The molecule has 1 fully saturated rings. The van der Waals surface area contributed by atoms with Crippen molar-refractivity contribution in [3.05, 3.63) is 78.6 Å². The van der Waals surface area contributed by atoms with Crippen molar-refractivity contribution in [2.45, 2.75) is 19.4 Å². The van der Waals surface area contributed by atoms with Gasteiger partial charge in [-0.3, -0.25) is 9.69 Å². The van der Waals surface area contributed by atoms with Gasteiger partial charge in [0.25, 0.3) is 0 Å². The third-order valence-corrected chi connectivity index (χ3v) is 6.54. The number of fused-ring (bicyclic) bond motifs is 3. The van der Waals surface area contributed by atoms with E-state index in [0.717, 1.165) is 53.5 Å². The average Bonchev–Trinajstić information content (AvgIpc) is 3.26. The van der Waals surface area contributed by atoms with Crippen molar-refractivity contribution in [3.63, 3.8) is 0 Å². The van der Waals surface area contributed by atoms with Crippen molar-refractivity contribution in [1.82, 2.24) is 10.2 Å².